The lowest BCUT2D eigenvalue weighted by Gasteiger charge is -2.20. The van der Waals surface area contributed by atoms with Crippen molar-refractivity contribution in [1.82, 2.24) is 0 Å². The summed E-state index contributed by atoms with van der Waals surface area (Å²) in [6.07, 6.45) is -4.67. The van der Waals surface area contributed by atoms with E-state index in [-0.39, 0.29) is 26.2 Å². The molecule has 3 nitrogen and oxygen atoms in total. The maximum Gasteiger partial charge on any atom is 0.389 e. The first-order valence-corrected chi connectivity index (χ1v) is 4.84. The lowest BCUT2D eigenvalue weighted by atomic mass is 10.0. The third kappa shape index (κ3) is 9.96. The summed E-state index contributed by atoms with van der Waals surface area (Å²) in [5, 5.41) is 9.42. The fourth-order valence-electron chi connectivity index (χ4n) is 0.871. The second-order valence-corrected chi connectivity index (χ2v) is 3.78. The zero-order valence-electron chi connectivity index (χ0n) is 8.81. The third-order valence-corrected chi connectivity index (χ3v) is 1.97. The van der Waals surface area contributed by atoms with E-state index in [1.807, 2.05) is 0 Å². The van der Waals surface area contributed by atoms with Crippen LogP contribution in [0.1, 0.15) is 26.2 Å². The van der Waals surface area contributed by atoms with Gasteiger partial charge in [0.2, 0.25) is 0 Å². The van der Waals surface area contributed by atoms with Gasteiger partial charge in [0.25, 0.3) is 0 Å². The molecule has 0 aliphatic heterocycles. The molecule has 1 unspecified atom stereocenters. The van der Waals surface area contributed by atoms with Gasteiger partial charge in [-0.15, -0.1) is 0 Å². The highest BCUT2D eigenvalue weighted by atomic mass is 19.4. The minimum Gasteiger partial charge on any atom is -0.389 e. The molecule has 0 heterocycles. The number of hydrogen-bond acceptors (Lipinski definition) is 3. The van der Waals surface area contributed by atoms with Gasteiger partial charge in [-0.25, -0.2) is 0 Å². The molecule has 3 N–H and O–H groups in total. The number of nitrogens with two attached hydrogens (primary N) is 1. The van der Waals surface area contributed by atoms with Gasteiger partial charge in [-0.1, -0.05) is 0 Å². The Bertz CT molecular complexity index is 171. The first kappa shape index (κ1) is 14.7. The summed E-state index contributed by atoms with van der Waals surface area (Å²) < 4.78 is 40.0. The molecule has 0 saturated heterocycles. The first-order valence-electron chi connectivity index (χ1n) is 4.84. The van der Waals surface area contributed by atoms with Crippen LogP contribution in [0.4, 0.5) is 13.2 Å². The summed E-state index contributed by atoms with van der Waals surface area (Å²) in [6.45, 7) is 1.95. The van der Waals surface area contributed by atoms with Crippen molar-refractivity contribution in [3.05, 3.63) is 0 Å². The molecule has 1 atom stereocenters. The average molecular weight is 229 g/mol. The molecule has 0 aromatic heterocycles. The van der Waals surface area contributed by atoms with Gasteiger partial charge < -0.3 is 15.6 Å². The van der Waals surface area contributed by atoms with Crippen molar-refractivity contribution in [2.45, 2.75) is 38.0 Å². The normalized spacial score (nSPS) is 16.4. The fourth-order valence-corrected chi connectivity index (χ4v) is 0.871. The van der Waals surface area contributed by atoms with Crippen molar-refractivity contribution >= 4 is 0 Å². The molecular formula is C9H18F3NO2. The molecule has 15 heavy (non-hydrogen) atoms. The Labute approximate surface area is 87.4 Å². The largest absolute Gasteiger partial charge is 0.389 e. The van der Waals surface area contributed by atoms with Gasteiger partial charge in [0.1, 0.15) is 0 Å². The molecule has 0 aromatic carbocycles. The summed E-state index contributed by atoms with van der Waals surface area (Å²) in [6, 6.07) is 0. The van der Waals surface area contributed by atoms with Crippen molar-refractivity contribution in [3.63, 3.8) is 0 Å². The van der Waals surface area contributed by atoms with Crippen LogP contribution in [-0.2, 0) is 4.74 Å². The molecule has 0 aromatic rings. The standard InChI is InChI=1S/C9H18F3NO2/c1-8(14,7-13)4-6-15-5-2-3-9(10,11)12/h14H,2-7,13H2,1H3. The lowest BCUT2D eigenvalue weighted by molar-refractivity contribution is -0.138. The summed E-state index contributed by atoms with van der Waals surface area (Å²) in [7, 11) is 0. The highest BCUT2D eigenvalue weighted by molar-refractivity contribution is 4.72. The molecule has 0 rings (SSSR count). The van der Waals surface area contributed by atoms with Crippen LogP contribution in [0.5, 0.6) is 0 Å². The minimum absolute atomic E-state index is 0.0474. The van der Waals surface area contributed by atoms with Gasteiger partial charge >= 0.3 is 6.18 Å². The highest BCUT2D eigenvalue weighted by Crippen LogP contribution is 2.21. The molecule has 0 spiro atoms. The molecule has 6 heteroatoms. The van der Waals surface area contributed by atoms with E-state index < -0.39 is 18.2 Å². The quantitative estimate of drug-likeness (QED) is 0.649. The summed E-state index contributed by atoms with van der Waals surface area (Å²) >= 11 is 0. The van der Waals surface area contributed by atoms with Gasteiger partial charge in [-0.3, -0.25) is 0 Å². The van der Waals surface area contributed by atoms with E-state index in [4.69, 9.17) is 10.5 Å². The maximum atomic E-state index is 11.7. The molecule has 92 valence electrons. The molecule has 0 aliphatic rings. The van der Waals surface area contributed by atoms with E-state index in [1.54, 1.807) is 6.92 Å². The highest BCUT2D eigenvalue weighted by Gasteiger charge is 2.26. The second-order valence-electron chi connectivity index (χ2n) is 3.78. The molecular weight excluding hydrogens is 211 g/mol. The summed E-state index contributed by atoms with van der Waals surface area (Å²) in [5.74, 6) is 0. The van der Waals surface area contributed by atoms with Crippen LogP contribution in [0.25, 0.3) is 0 Å². The van der Waals surface area contributed by atoms with Gasteiger partial charge in [-0.05, 0) is 13.3 Å². The number of halogens is 3. The van der Waals surface area contributed by atoms with Crippen LogP contribution in [-0.4, -0.2) is 36.6 Å². The van der Waals surface area contributed by atoms with E-state index in [2.05, 4.69) is 0 Å². The molecule has 0 radical (unpaired) electrons. The zero-order chi connectivity index (χ0) is 11.9. The Morgan fingerprint density at radius 2 is 1.80 bits per heavy atom. The molecule has 0 bridgehead atoms. The van der Waals surface area contributed by atoms with Crippen molar-refractivity contribution in [2.24, 2.45) is 5.73 Å². The van der Waals surface area contributed by atoms with Crippen LogP contribution < -0.4 is 5.73 Å². The van der Waals surface area contributed by atoms with Crippen LogP contribution in [0.15, 0.2) is 0 Å². The smallest absolute Gasteiger partial charge is 0.389 e. The Hall–Kier alpha value is -0.330. The van der Waals surface area contributed by atoms with Crippen LogP contribution in [0.2, 0.25) is 0 Å². The van der Waals surface area contributed by atoms with Crippen molar-refractivity contribution in [3.8, 4) is 0 Å². The van der Waals surface area contributed by atoms with Gasteiger partial charge in [0.05, 0.1) is 5.60 Å². The Balaban J connectivity index is 3.33. The van der Waals surface area contributed by atoms with Crippen LogP contribution >= 0.6 is 0 Å². The zero-order valence-corrected chi connectivity index (χ0v) is 8.81. The number of aliphatic hydroxyl groups is 1. The van der Waals surface area contributed by atoms with Crippen LogP contribution in [0.3, 0.4) is 0 Å². The van der Waals surface area contributed by atoms with E-state index in [0.29, 0.717) is 6.42 Å². The van der Waals surface area contributed by atoms with Gasteiger partial charge in [0.15, 0.2) is 0 Å². The van der Waals surface area contributed by atoms with Gasteiger partial charge in [0, 0.05) is 32.6 Å². The maximum absolute atomic E-state index is 11.7. The minimum atomic E-state index is -4.12. The average Bonchev–Trinajstić information content (AvgIpc) is 2.09. The predicted molar refractivity (Wildman–Crippen MR) is 50.4 cm³/mol. The predicted octanol–water partition coefficient (Wildman–Crippen LogP) is 1.45. The third-order valence-electron chi connectivity index (χ3n) is 1.97. The van der Waals surface area contributed by atoms with Crippen molar-refractivity contribution in [2.75, 3.05) is 19.8 Å². The van der Waals surface area contributed by atoms with E-state index in [9.17, 15) is 18.3 Å². The summed E-state index contributed by atoms with van der Waals surface area (Å²) in [4.78, 5) is 0. The van der Waals surface area contributed by atoms with E-state index in [1.165, 1.54) is 0 Å². The molecule has 0 saturated carbocycles. The fraction of sp³-hybridized carbons (Fsp3) is 1.00. The number of hydrogen-bond donors (Lipinski definition) is 2. The number of alkyl halides is 3. The SMILES string of the molecule is CC(O)(CN)CCOCCCC(F)(F)F. The molecule has 0 fully saturated rings. The Morgan fingerprint density at radius 3 is 2.27 bits per heavy atom. The van der Waals surface area contributed by atoms with E-state index >= 15 is 0 Å². The number of rotatable bonds is 7. The van der Waals surface area contributed by atoms with Crippen molar-refractivity contribution in [1.29, 1.82) is 0 Å². The van der Waals surface area contributed by atoms with Crippen molar-refractivity contribution < 1.29 is 23.0 Å². The van der Waals surface area contributed by atoms with Crippen LogP contribution in [0, 0.1) is 0 Å². The molecule has 0 amide bonds. The Kier molecular flexibility index (Phi) is 6.16. The monoisotopic (exact) mass is 229 g/mol. The molecule has 0 aliphatic carbocycles. The van der Waals surface area contributed by atoms with Gasteiger partial charge in [-0.2, -0.15) is 13.2 Å². The topological polar surface area (TPSA) is 55.5 Å². The summed E-state index contributed by atoms with van der Waals surface area (Å²) in [5.41, 5.74) is 4.25. The lowest BCUT2D eigenvalue weighted by Crippen LogP contribution is -2.35. The first-order chi connectivity index (χ1) is 6.77. The Morgan fingerprint density at radius 1 is 1.20 bits per heavy atom. The van der Waals surface area contributed by atoms with E-state index in [0.717, 1.165) is 0 Å². The number of ether oxygens (including phenoxy) is 1. The second kappa shape index (κ2) is 6.30.